The Bertz CT molecular complexity index is 409. The molecule has 0 aliphatic heterocycles. The number of hydrogen-bond acceptors (Lipinski definition) is 1. The second-order valence-electron chi connectivity index (χ2n) is 2.97. The van der Waals surface area contributed by atoms with Crippen molar-refractivity contribution in [1.29, 1.82) is 0 Å². The zero-order valence-corrected chi connectivity index (χ0v) is 9.86. The first-order chi connectivity index (χ1) is 8.19. The molecule has 0 atom stereocenters. The fourth-order valence-electron chi connectivity index (χ4n) is 0.997. The topological polar surface area (TPSA) is 29.1 Å². The van der Waals surface area contributed by atoms with Gasteiger partial charge in [0.25, 0.3) is 5.91 Å². The van der Waals surface area contributed by atoms with E-state index in [0.717, 1.165) is 0 Å². The highest BCUT2D eigenvalue weighted by molar-refractivity contribution is 5.97. The molecule has 0 aliphatic carbocycles. The summed E-state index contributed by atoms with van der Waals surface area (Å²) >= 11 is 0. The van der Waals surface area contributed by atoms with E-state index >= 15 is 0 Å². The van der Waals surface area contributed by atoms with E-state index in [9.17, 15) is 4.79 Å². The normalized spacial score (nSPS) is 12.0. The fourth-order valence-corrected chi connectivity index (χ4v) is 0.997. The Morgan fingerprint density at radius 1 is 0.941 bits per heavy atom. The molecule has 0 radical (unpaired) electrons. The van der Waals surface area contributed by atoms with Crippen molar-refractivity contribution in [2.45, 2.75) is 0 Å². The van der Waals surface area contributed by atoms with Crippen LogP contribution in [0.4, 0.5) is 0 Å². The molecule has 0 saturated carbocycles. The lowest BCUT2D eigenvalue weighted by Crippen LogP contribution is -2.22. The minimum atomic E-state index is -0.240. The number of carbonyl (C=O) groups excluding carboxylic acids is 1. The predicted molar refractivity (Wildman–Crippen MR) is 74.2 cm³/mol. The minimum Gasteiger partial charge on any atom is -0.322 e. The first-order valence-corrected chi connectivity index (χ1v) is 5.08. The standard InChI is InChI=1S/C15H17NO/c1-5-9-12-13(10-6-2)15(17)16-14(8-4)11-7-3/h5-12H,1-4H2,(H,16,17)/b12-9-,13-10+,14-11+. The molecule has 0 saturated heterocycles. The second kappa shape index (κ2) is 8.92. The highest BCUT2D eigenvalue weighted by Crippen LogP contribution is 2.01. The van der Waals surface area contributed by atoms with Gasteiger partial charge in [-0.1, -0.05) is 56.7 Å². The zero-order chi connectivity index (χ0) is 13.1. The van der Waals surface area contributed by atoms with Crippen LogP contribution in [-0.2, 0) is 4.79 Å². The lowest BCUT2D eigenvalue weighted by Gasteiger charge is -2.05. The van der Waals surface area contributed by atoms with Crippen molar-refractivity contribution in [1.82, 2.24) is 5.32 Å². The van der Waals surface area contributed by atoms with E-state index in [1.165, 1.54) is 0 Å². The largest absolute Gasteiger partial charge is 0.322 e. The summed E-state index contributed by atoms with van der Waals surface area (Å²) in [5, 5.41) is 2.69. The van der Waals surface area contributed by atoms with Crippen molar-refractivity contribution in [2.24, 2.45) is 0 Å². The van der Waals surface area contributed by atoms with Crippen LogP contribution in [0.1, 0.15) is 0 Å². The van der Waals surface area contributed by atoms with Gasteiger partial charge in [-0.2, -0.15) is 0 Å². The SMILES string of the molecule is C=C/C=C\C(=C/C=C)C(=O)N/C(C=C)=C/C=C. The van der Waals surface area contributed by atoms with E-state index in [4.69, 9.17) is 0 Å². The smallest absolute Gasteiger partial charge is 0.255 e. The summed E-state index contributed by atoms with van der Waals surface area (Å²) in [5.74, 6) is -0.240. The maximum atomic E-state index is 11.8. The van der Waals surface area contributed by atoms with Crippen LogP contribution in [0.15, 0.2) is 86.2 Å². The highest BCUT2D eigenvalue weighted by Gasteiger charge is 2.05. The van der Waals surface area contributed by atoms with Gasteiger partial charge < -0.3 is 5.32 Å². The van der Waals surface area contributed by atoms with Crippen LogP contribution >= 0.6 is 0 Å². The monoisotopic (exact) mass is 227 g/mol. The van der Waals surface area contributed by atoms with Gasteiger partial charge in [0.05, 0.1) is 0 Å². The average molecular weight is 227 g/mol. The van der Waals surface area contributed by atoms with Crippen molar-refractivity contribution >= 4 is 5.91 Å². The van der Waals surface area contributed by atoms with Gasteiger partial charge in [-0.15, -0.1) is 0 Å². The number of hydrogen-bond donors (Lipinski definition) is 1. The van der Waals surface area contributed by atoms with Crippen LogP contribution in [0.2, 0.25) is 0 Å². The van der Waals surface area contributed by atoms with Gasteiger partial charge in [-0.05, 0) is 18.2 Å². The Morgan fingerprint density at radius 2 is 1.59 bits per heavy atom. The number of carbonyl (C=O) groups is 1. The second-order valence-corrected chi connectivity index (χ2v) is 2.97. The molecule has 0 aromatic rings. The van der Waals surface area contributed by atoms with Gasteiger partial charge >= 0.3 is 0 Å². The molecular formula is C15H17NO. The number of rotatable bonds is 7. The van der Waals surface area contributed by atoms with Gasteiger partial charge in [-0.3, -0.25) is 4.79 Å². The maximum absolute atomic E-state index is 11.8. The Morgan fingerprint density at radius 3 is 2.06 bits per heavy atom. The summed E-state index contributed by atoms with van der Waals surface area (Å²) in [5.41, 5.74) is 1.07. The third-order valence-electron chi connectivity index (χ3n) is 1.75. The Balaban J connectivity index is 4.92. The third-order valence-corrected chi connectivity index (χ3v) is 1.75. The van der Waals surface area contributed by atoms with Crippen LogP contribution in [0.25, 0.3) is 0 Å². The van der Waals surface area contributed by atoms with E-state index in [-0.39, 0.29) is 5.91 Å². The summed E-state index contributed by atoms with van der Waals surface area (Å²) in [7, 11) is 0. The maximum Gasteiger partial charge on any atom is 0.255 e. The number of amides is 1. The molecule has 0 aliphatic rings. The van der Waals surface area contributed by atoms with Crippen molar-refractivity contribution in [3.05, 3.63) is 86.2 Å². The van der Waals surface area contributed by atoms with Crippen molar-refractivity contribution in [2.75, 3.05) is 0 Å². The molecule has 17 heavy (non-hydrogen) atoms. The van der Waals surface area contributed by atoms with Crippen molar-refractivity contribution < 1.29 is 4.79 Å². The molecule has 88 valence electrons. The molecule has 0 unspecified atom stereocenters. The first-order valence-electron chi connectivity index (χ1n) is 5.08. The lowest BCUT2D eigenvalue weighted by atomic mass is 10.2. The predicted octanol–water partition coefficient (Wildman–Crippen LogP) is 3.21. The van der Waals surface area contributed by atoms with E-state index < -0.39 is 0 Å². The quantitative estimate of drug-likeness (QED) is 0.525. The average Bonchev–Trinajstić information content (AvgIpc) is 2.33. The molecule has 1 amide bonds. The van der Waals surface area contributed by atoms with Crippen molar-refractivity contribution in [3.63, 3.8) is 0 Å². The first kappa shape index (κ1) is 14.6. The van der Waals surface area contributed by atoms with Crippen LogP contribution in [0, 0.1) is 0 Å². The van der Waals surface area contributed by atoms with Gasteiger partial charge in [0.2, 0.25) is 0 Å². The van der Waals surface area contributed by atoms with Gasteiger partial charge in [0.1, 0.15) is 0 Å². The fraction of sp³-hybridized carbons (Fsp3) is 0. The number of allylic oxidation sites excluding steroid dienone is 7. The summed E-state index contributed by atoms with van der Waals surface area (Å²) in [6, 6.07) is 0. The van der Waals surface area contributed by atoms with Gasteiger partial charge in [-0.25, -0.2) is 0 Å². The van der Waals surface area contributed by atoms with Crippen molar-refractivity contribution in [3.8, 4) is 0 Å². The Hall–Kier alpha value is -2.35. The van der Waals surface area contributed by atoms with Crippen LogP contribution < -0.4 is 5.32 Å². The van der Waals surface area contributed by atoms with Gasteiger partial charge in [0.15, 0.2) is 0 Å². The summed E-state index contributed by atoms with van der Waals surface area (Å²) in [6.07, 6.45) is 12.9. The van der Waals surface area contributed by atoms with Gasteiger partial charge in [0, 0.05) is 11.3 Å². The molecule has 0 bridgehead atoms. The van der Waals surface area contributed by atoms with E-state index in [1.807, 2.05) is 0 Å². The lowest BCUT2D eigenvalue weighted by molar-refractivity contribution is -0.116. The Kier molecular flexibility index (Phi) is 7.69. The molecule has 0 aromatic carbocycles. The summed E-state index contributed by atoms with van der Waals surface area (Å²) < 4.78 is 0. The molecule has 0 heterocycles. The molecule has 0 fully saturated rings. The molecule has 2 nitrogen and oxygen atoms in total. The van der Waals surface area contributed by atoms with Crippen LogP contribution in [-0.4, -0.2) is 5.91 Å². The molecule has 0 spiro atoms. The van der Waals surface area contributed by atoms with Crippen LogP contribution in [0.5, 0.6) is 0 Å². The molecule has 1 N–H and O–H groups in total. The third kappa shape index (κ3) is 5.95. The van der Waals surface area contributed by atoms with Crippen LogP contribution in [0.3, 0.4) is 0 Å². The molecule has 0 rings (SSSR count). The molecule has 0 aromatic heterocycles. The van der Waals surface area contributed by atoms with E-state index in [1.54, 1.807) is 48.6 Å². The highest BCUT2D eigenvalue weighted by atomic mass is 16.1. The molecular weight excluding hydrogens is 210 g/mol. The Labute approximate surface area is 103 Å². The number of nitrogens with one attached hydrogen (secondary N) is 1. The zero-order valence-electron chi connectivity index (χ0n) is 9.86. The minimum absolute atomic E-state index is 0.240. The summed E-state index contributed by atoms with van der Waals surface area (Å²) in [4.78, 5) is 11.8. The van der Waals surface area contributed by atoms with E-state index in [0.29, 0.717) is 11.3 Å². The summed E-state index contributed by atoms with van der Waals surface area (Å²) in [6.45, 7) is 14.3. The molecule has 2 heteroatoms. The van der Waals surface area contributed by atoms with E-state index in [2.05, 4.69) is 31.6 Å².